The highest BCUT2D eigenvalue weighted by Crippen LogP contribution is 2.31. The number of benzene rings is 2. The minimum Gasteiger partial charge on any atom is -0.382 e. The summed E-state index contributed by atoms with van der Waals surface area (Å²) in [5.74, 6) is -0.185. The van der Waals surface area contributed by atoms with Crippen LogP contribution >= 0.6 is 0 Å². The van der Waals surface area contributed by atoms with Crippen LogP contribution in [0.2, 0.25) is 0 Å². The number of carbonyl (C=O) groups excluding carboxylic acids is 1. The summed E-state index contributed by atoms with van der Waals surface area (Å²) in [6.45, 7) is 0.492. The normalized spacial score (nSPS) is 15.2. The van der Waals surface area contributed by atoms with E-state index in [0.717, 1.165) is 24.8 Å². The molecular formula is C24H24FN5O. The molecule has 1 unspecified atom stereocenters. The second-order valence-electron chi connectivity index (χ2n) is 7.75. The second-order valence-corrected chi connectivity index (χ2v) is 7.75. The van der Waals surface area contributed by atoms with E-state index in [4.69, 9.17) is 5.73 Å². The van der Waals surface area contributed by atoms with Crippen LogP contribution in [0.5, 0.6) is 0 Å². The van der Waals surface area contributed by atoms with E-state index in [1.165, 1.54) is 22.4 Å². The van der Waals surface area contributed by atoms with Gasteiger partial charge < -0.3 is 11.1 Å². The quantitative estimate of drug-likeness (QED) is 0.599. The van der Waals surface area contributed by atoms with E-state index in [1.54, 1.807) is 12.1 Å². The molecule has 1 heterocycles. The molecule has 0 spiro atoms. The first-order valence-corrected chi connectivity index (χ1v) is 10.5. The summed E-state index contributed by atoms with van der Waals surface area (Å²) in [6, 6.07) is 16.0. The van der Waals surface area contributed by atoms with E-state index >= 15 is 0 Å². The number of fused-ring (bicyclic) bond motifs is 1. The fourth-order valence-corrected chi connectivity index (χ4v) is 4.17. The predicted molar refractivity (Wildman–Crippen MR) is 116 cm³/mol. The van der Waals surface area contributed by atoms with Crippen molar-refractivity contribution < 1.29 is 9.18 Å². The van der Waals surface area contributed by atoms with Crippen molar-refractivity contribution in [2.45, 2.75) is 38.0 Å². The topological polar surface area (TPSA) is 96.7 Å². The van der Waals surface area contributed by atoms with Crippen LogP contribution in [0.1, 0.15) is 47.6 Å². The van der Waals surface area contributed by atoms with Crippen molar-refractivity contribution in [1.29, 1.82) is 5.26 Å². The Bertz CT molecular complexity index is 1130. The number of rotatable bonds is 6. The molecule has 0 radical (unpaired) electrons. The molecule has 0 aliphatic heterocycles. The lowest BCUT2D eigenvalue weighted by atomic mass is 9.82. The second kappa shape index (κ2) is 9.00. The number of aromatic nitrogens is 2. The van der Waals surface area contributed by atoms with Crippen molar-refractivity contribution in [2.75, 3.05) is 12.3 Å². The number of nitrogens with one attached hydrogen (secondary N) is 1. The van der Waals surface area contributed by atoms with Crippen molar-refractivity contribution in [3.8, 4) is 11.8 Å². The molecular weight excluding hydrogens is 393 g/mol. The van der Waals surface area contributed by atoms with Gasteiger partial charge in [0.25, 0.3) is 0 Å². The smallest absolute Gasteiger partial charge is 0.227 e. The summed E-state index contributed by atoms with van der Waals surface area (Å²) in [5, 5.41) is 17.0. The van der Waals surface area contributed by atoms with Crippen LogP contribution in [-0.2, 0) is 17.6 Å². The standard InChI is InChI=1S/C24H24FN5O/c25-17-10-12-18(13-11-17)30-23(27)21(15-26)22(29-30)9-4-14-28-24(31)20-8-3-6-16-5-1-2-7-19(16)20/h1-2,5,7,10-13,20H,3-4,6,8-9,14,27H2,(H,28,31). The summed E-state index contributed by atoms with van der Waals surface area (Å²) >= 11 is 0. The Kier molecular flexibility index (Phi) is 5.99. The van der Waals surface area contributed by atoms with Crippen LogP contribution in [0, 0.1) is 17.1 Å². The molecule has 2 aromatic carbocycles. The first-order valence-electron chi connectivity index (χ1n) is 10.5. The van der Waals surface area contributed by atoms with E-state index in [9.17, 15) is 14.4 Å². The number of aryl methyl sites for hydroxylation is 2. The molecule has 0 saturated carbocycles. The number of nitrogens with two attached hydrogens (primary N) is 1. The monoisotopic (exact) mass is 417 g/mol. The highest BCUT2D eigenvalue weighted by Gasteiger charge is 2.25. The van der Waals surface area contributed by atoms with Crippen LogP contribution in [-0.4, -0.2) is 22.2 Å². The zero-order chi connectivity index (χ0) is 21.8. The number of hydrogen-bond donors (Lipinski definition) is 2. The largest absolute Gasteiger partial charge is 0.382 e. The maximum absolute atomic E-state index is 13.2. The Morgan fingerprint density at radius 3 is 2.81 bits per heavy atom. The Morgan fingerprint density at radius 2 is 2.03 bits per heavy atom. The van der Waals surface area contributed by atoms with Crippen LogP contribution in [0.4, 0.5) is 10.2 Å². The molecule has 1 aliphatic rings. The maximum Gasteiger partial charge on any atom is 0.227 e. The molecule has 1 amide bonds. The molecule has 0 bridgehead atoms. The number of carbonyl (C=O) groups is 1. The molecule has 7 heteroatoms. The molecule has 0 saturated heterocycles. The van der Waals surface area contributed by atoms with Crippen molar-refractivity contribution in [2.24, 2.45) is 0 Å². The third kappa shape index (κ3) is 4.29. The van der Waals surface area contributed by atoms with Crippen LogP contribution in [0.15, 0.2) is 48.5 Å². The zero-order valence-corrected chi connectivity index (χ0v) is 17.1. The minimum atomic E-state index is -0.355. The Hall–Kier alpha value is -3.66. The molecule has 3 N–H and O–H groups in total. The van der Waals surface area contributed by atoms with E-state index in [1.807, 2.05) is 18.2 Å². The minimum absolute atomic E-state index is 0.0454. The summed E-state index contributed by atoms with van der Waals surface area (Å²) in [4.78, 5) is 12.7. The highest BCUT2D eigenvalue weighted by atomic mass is 19.1. The number of halogens is 1. The molecule has 31 heavy (non-hydrogen) atoms. The zero-order valence-electron chi connectivity index (χ0n) is 17.1. The molecule has 1 atom stereocenters. The SMILES string of the molecule is N#Cc1c(CCCNC(=O)C2CCCc3ccccc32)nn(-c2ccc(F)cc2)c1N. The van der Waals surface area contributed by atoms with Crippen molar-refractivity contribution in [3.63, 3.8) is 0 Å². The van der Waals surface area contributed by atoms with E-state index in [2.05, 4.69) is 22.6 Å². The summed E-state index contributed by atoms with van der Waals surface area (Å²) in [6.07, 6.45) is 4.03. The maximum atomic E-state index is 13.2. The Morgan fingerprint density at radius 1 is 1.26 bits per heavy atom. The average Bonchev–Trinajstić information content (AvgIpc) is 3.11. The molecule has 0 fully saturated rings. The molecule has 6 nitrogen and oxygen atoms in total. The predicted octanol–water partition coefficient (Wildman–Crippen LogP) is 3.63. The molecule has 3 aromatic rings. The van der Waals surface area contributed by atoms with E-state index < -0.39 is 0 Å². The number of nitrogen functional groups attached to an aromatic ring is 1. The highest BCUT2D eigenvalue weighted by molar-refractivity contribution is 5.84. The van der Waals surface area contributed by atoms with Gasteiger partial charge in [-0.25, -0.2) is 9.07 Å². The van der Waals surface area contributed by atoms with E-state index in [-0.39, 0.29) is 23.5 Å². The van der Waals surface area contributed by atoms with Gasteiger partial charge in [0.1, 0.15) is 23.3 Å². The number of nitrogens with zero attached hydrogens (tertiary/aromatic N) is 3. The van der Waals surface area contributed by atoms with E-state index in [0.29, 0.717) is 36.3 Å². The molecule has 4 rings (SSSR count). The molecule has 1 aliphatic carbocycles. The summed E-state index contributed by atoms with van der Waals surface area (Å²) < 4.78 is 14.6. The lowest BCUT2D eigenvalue weighted by molar-refractivity contribution is -0.122. The fraction of sp³-hybridized carbons (Fsp3) is 0.292. The van der Waals surface area contributed by atoms with Gasteiger partial charge in [0.15, 0.2) is 0 Å². The van der Waals surface area contributed by atoms with Crippen LogP contribution < -0.4 is 11.1 Å². The lowest BCUT2D eigenvalue weighted by Crippen LogP contribution is -2.32. The van der Waals surface area contributed by atoms with Crippen molar-refractivity contribution in [3.05, 3.63) is 76.7 Å². The number of amides is 1. The van der Waals surface area contributed by atoms with Gasteiger partial charge in [-0.05, 0) is 67.5 Å². The third-order valence-corrected chi connectivity index (χ3v) is 5.75. The van der Waals surface area contributed by atoms with Gasteiger partial charge in [-0.3, -0.25) is 4.79 Å². The number of hydrogen-bond acceptors (Lipinski definition) is 4. The van der Waals surface area contributed by atoms with Gasteiger partial charge in [-0.1, -0.05) is 24.3 Å². The van der Waals surface area contributed by atoms with Gasteiger partial charge in [-0.15, -0.1) is 0 Å². The van der Waals surface area contributed by atoms with Gasteiger partial charge in [-0.2, -0.15) is 10.4 Å². The van der Waals surface area contributed by atoms with Crippen LogP contribution in [0.3, 0.4) is 0 Å². The Balaban J connectivity index is 1.38. The van der Waals surface area contributed by atoms with Gasteiger partial charge >= 0.3 is 0 Å². The molecule has 158 valence electrons. The van der Waals surface area contributed by atoms with Gasteiger partial charge in [0.05, 0.1) is 17.3 Å². The third-order valence-electron chi connectivity index (χ3n) is 5.75. The number of anilines is 1. The Labute approximate surface area is 180 Å². The number of nitriles is 1. The van der Waals surface area contributed by atoms with Gasteiger partial charge in [0, 0.05) is 6.54 Å². The first-order chi connectivity index (χ1) is 15.1. The van der Waals surface area contributed by atoms with Crippen molar-refractivity contribution in [1.82, 2.24) is 15.1 Å². The first kappa shape index (κ1) is 20.6. The summed E-state index contributed by atoms with van der Waals surface area (Å²) in [7, 11) is 0. The van der Waals surface area contributed by atoms with Crippen LogP contribution in [0.25, 0.3) is 5.69 Å². The summed E-state index contributed by atoms with van der Waals surface area (Å²) in [5.41, 5.74) is 9.96. The molecule has 1 aromatic heterocycles. The van der Waals surface area contributed by atoms with Crippen molar-refractivity contribution >= 4 is 11.7 Å². The lowest BCUT2D eigenvalue weighted by Gasteiger charge is -2.24. The van der Waals surface area contributed by atoms with Gasteiger partial charge in [0.2, 0.25) is 5.91 Å². The fourth-order valence-electron chi connectivity index (χ4n) is 4.17. The average molecular weight is 417 g/mol.